The molecule has 1 rings (SSSR count). The van der Waals surface area contributed by atoms with Gasteiger partial charge in [0.15, 0.2) is 5.13 Å². The van der Waals surface area contributed by atoms with E-state index in [4.69, 9.17) is 15.9 Å². The van der Waals surface area contributed by atoms with Crippen LogP contribution in [0.2, 0.25) is 0 Å². The highest BCUT2D eigenvalue weighted by atomic mass is 32.1. The van der Waals surface area contributed by atoms with E-state index in [2.05, 4.69) is 10.3 Å². The number of thiazole rings is 1. The average Bonchev–Trinajstić information content (AvgIpc) is 2.57. The van der Waals surface area contributed by atoms with Crippen LogP contribution in [-0.2, 0) is 0 Å². The molecule has 0 saturated heterocycles. The van der Waals surface area contributed by atoms with Gasteiger partial charge in [-0.3, -0.25) is 4.79 Å². The van der Waals surface area contributed by atoms with E-state index in [9.17, 15) is 4.79 Å². The van der Waals surface area contributed by atoms with Crippen LogP contribution in [0.4, 0.5) is 5.13 Å². The van der Waals surface area contributed by atoms with Gasteiger partial charge in [0.1, 0.15) is 4.88 Å². The van der Waals surface area contributed by atoms with Crippen LogP contribution in [0, 0.1) is 6.92 Å². The first kappa shape index (κ1) is 12.9. The van der Waals surface area contributed by atoms with Gasteiger partial charge in [-0.15, -0.1) is 0 Å². The molecule has 0 unspecified atom stereocenters. The Labute approximate surface area is 97.1 Å². The maximum absolute atomic E-state index is 11.8. The maximum atomic E-state index is 11.8. The van der Waals surface area contributed by atoms with Crippen molar-refractivity contribution in [3.8, 4) is 0 Å². The lowest BCUT2D eigenvalue weighted by Crippen LogP contribution is -2.51. The molecule has 90 valence electrons. The third kappa shape index (κ3) is 2.69. The summed E-state index contributed by atoms with van der Waals surface area (Å²) in [5.41, 5.74) is 4.98. The third-order valence-electron chi connectivity index (χ3n) is 2.13. The van der Waals surface area contributed by atoms with Crippen molar-refractivity contribution in [1.29, 1.82) is 0 Å². The molecule has 0 atom stereocenters. The van der Waals surface area contributed by atoms with Crippen LogP contribution in [0.1, 0.15) is 22.3 Å². The number of nitrogen functional groups attached to an aromatic ring is 1. The molecule has 1 aromatic heterocycles. The van der Waals surface area contributed by atoms with Gasteiger partial charge in [0.05, 0.1) is 24.4 Å². The number of anilines is 1. The number of nitrogens with two attached hydrogens (primary N) is 1. The van der Waals surface area contributed by atoms with E-state index in [1.807, 2.05) is 0 Å². The topological polar surface area (TPSA) is 108 Å². The number of rotatable bonds is 4. The lowest BCUT2D eigenvalue weighted by atomic mass is 10.1. The summed E-state index contributed by atoms with van der Waals surface area (Å²) in [4.78, 5) is 16.1. The quantitative estimate of drug-likeness (QED) is 0.572. The van der Waals surface area contributed by atoms with Crippen molar-refractivity contribution in [3.63, 3.8) is 0 Å². The minimum atomic E-state index is -1.04. The summed E-state index contributed by atoms with van der Waals surface area (Å²) in [6.07, 6.45) is 0. The lowest BCUT2D eigenvalue weighted by Gasteiger charge is -2.25. The first-order valence-electron chi connectivity index (χ1n) is 4.69. The van der Waals surface area contributed by atoms with Gasteiger partial charge in [0.2, 0.25) is 0 Å². The number of carbonyl (C=O) groups is 1. The lowest BCUT2D eigenvalue weighted by molar-refractivity contribution is 0.0726. The van der Waals surface area contributed by atoms with Gasteiger partial charge in [-0.25, -0.2) is 4.98 Å². The molecule has 0 spiro atoms. The Morgan fingerprint density at radius 2 is 2.12 bits per heavy atom. The summed E-state index contributed by atoms with van der Waals surface area (Å²) < 4.78 is 0. The van der Waals surface area contributed by atoms with E-state index in [1.54, 1.807) is 13.8 Å². The first-order valence-corrected chi connectivity index (χ1v) is 5.50. The molecule has 5 N–H and O–H groups in total. The molecule has 0 radical (unpaired) electrons. The minimum absolute atomic E-state index is 0.317. The van der Waals surface area contributed by atoms with E-state index in [0.29, 0.717) is 15.7 Å². The van der Waals surface area contributed by atoms with Crippen LogP contribution in [0.5, 0.6) is 0 Å². The summed E-state index contributed by atoms with van der Waals surface area (Å²) in [5.74, 6) is -0.391. The zero-order valence-electron chi connectivity index (χ0n) is 9.15. The minimum Gasteiger partial charge on any atom is -0.394 e. The molecular formula is C9H15N3O3S. The van der Waals surface area contributed by atoms with Crippen LogP contribution in [0.15, 0.2) is 0 Å². The molecule has 0 saturated carbocycles. The van der Waals surface area contributed by atoms with Gasteiger partial charge in [-0.05, 0) is 13.8 Å². The number of aliphatic hydroxyl groups is 2. The van der Waals surface area contributed by atoms with E-state index >= 15 is 0 Å². The normalized spacial score (nSPS) is 11.5. The molecule has 1 aromatic rings. The number of aliphatic hydroxyl groups excluding tert-OH is 2. The molecule has 7 heteroatoms. The zero-order chi connectivity index (χ0) is 12.3. The van der Waals surface area contributed by atoms with E-state index in [1.165, 1.54) is 0 Å². The fourth-order valence-corrected chi connectivity index (χ4v) is 1.82. The molecule has 0 aliphatic rings. The second-order valence-electron chi connectivity index (χ2n) is 3.80. The third-order valence-corrected chi connectivity index (χ3v) is 3.12. The highest BCUT2D eigenvalue weighted by Gasteiger charge is 2.26. The SMILES string of the molecule is Cc1nc(N)sc1C(=O)NC(C)(CO)CO. The first-order chi connectivity index (χ1) is 7.41. The maximum Gasteiger partial charge on any atom is 0.263 e. The number of nitrogens with zero attached hydrogens (tertiary/aromatic N) is 1. The summed E-state index contributed by atoms with van der Waals surface area (Å²) >= 11 is 1.08. The summed E-state index contributed by atoms with van der Waals surface area (Å²) in [5, 5.41) is 20.9. The molecular weight excluding hydrogens is 230 g/mol. The van der Waals surface area contributed by atoms with Crippen molar-refractivity contribution in [2.45, 2.75) is 19.4 Å². The van der Waals surface area contributed by atoms with Crippen molar-refractivity contribution >= 4 is 22.4 Å². The number of aromatic nitrogens is 1. The molecule has 0 fully saturated rings. The van der Waals surface area contributed by atoms with E-state index in [0.717, 1.165) is 11.3 Å². The van der Waals surface area contributed by atoms with Crippen molar-refractivity contribution in [2.24, 2.45) is 0 Å². The molecule has 1 heterocycles. The molecule has 0 bridgehead atoms. The fourth-order valence-electron chi connectivity index (χ4n) is 1.09. The van der Waals surface area contributed by atoms with E-state index in [-0.39, 0.29) is 13.2 Å². The van der Waals surface area contributed by atoms with Gasteiger partial charge in [0.25, 0.3) is 5.91 Å². The Morgan fingerprint density at radius 1 is 1.56 bits per heavy atom. The van der Waals surface area contributed by atoms with Crippen LogP contribution in [0.25, 0.3) is 0 Å². The number of hydrogen-bond donors (Lipinski definition) is 4. The molecule has 16 heavy (non-hydrogen) atoms. The second-order valence-corrected chi connectivity index (χ2v) is 4.83. The van der Waals surface area contributed by atoms with Gasteiger partial charge in [-0.2, -0.15) is 0 Å². The monoisotopic (exact) mass is 245 g/mol. The van der Waals surface area contributed by atoms with Crippen molar-refractivity contribution in [2.75, 3.05) is 18.9 Å². The Morgan fingerprint density at radius 3 is 2.50 bits per heavy atom. The van der Waals surface area contributed by atoms with Gasteiger partial charge in [0, 0.05) is 0 Å². The second kappa shape index (κ2) is 4.77. The predicted octanol–water partition coefficient (Wildman–Crippen LogP) is -0.493. The van der Waals surface area contributed by atoms with Gasteiger partial charge < -0.3 is 21.3 Å². The van der Waals surface area contributed by atoms with E-state index < -0.39 is 11.4 Å². The predicted molar refractivity (Wildman–Crippen MR) is 61.3 cm³/mol. The van der Waals surface area contributed by atoms with Gasteiger partial charge in [-0.1, -0.05) is 11.3 Å². The molecule has 6 nitrogen and oxygen atoms in total. The largest absolute Gasteiger partial charge is 0.394 e. The number of hydrogen-bond acceptors (Lipinski definition) is 6. The number of carbonyl (C=O) groups excluding carboxylic acids is 1. The van der Waals surface area contributed by atoms with Gasteiger partial charge >= 0.3 is 0 Å². The molecule has 0 aliphatic carbocycles. The molecule has 0 aliphatic heterocycles. The van der Waals surface area contributed by atoms with Crippen molar-refractivity contribution in [1.82, 2.24) is 10.3 Å². The molecule has 1 amide bonds. The Bertz CT molecular complexity index is 387. The highest BCUT2D eigenvalue weighted by Crippen LogP contribution is 2.20. The summed E-state index contributed by atoms with van der Waals surface area (Å²) in [6.45, 7) is 2.53. The fraction of sp³-hybridized carbons (Fsp3) is 0.556. The summed E-state index contributed by atoms with van der Waals surface area (Å²) in [7, 11) is 0. The van der Waals surface area contributed by atoms with Crippen LogP contribution < -0.4 is 11.1 Å². The number of amides is 1. The Kier molecular flexibility index (Phi) is 3.84. The Hall–Kier alpha value is -1.18. The molecule has 0 aromatic carbocycles. The van der Waals surface area contributed by atoms with Crippen LogP contribution >= 0.6 is 11.3 Å². The Balaban J connectivity index is 2.84. The number of nitrogens with one attached hydrogen (secondary N) is 1. The smallest absolute Gasteiger partial charge is 0.263 e. The summed E-state index contributed by atoms with van der Waals surface area (Å²) in [6, 6.07) is 0. The zero-order valence-corrected chi connectivity index (χ0v) is 9.97. The number of aryl methyl sites for hydroxylation is 1. The van der Waals surface area contributed by atoms with Crippen molar-refractivity contribution < 1.29 is 15.0 Å². The average molecular weight is 245 g/mol. The van der Waals surface area contributed by atoms with Crippen LogP contribution in [-0.4, -0.2) is 39.9 Å². The standard InChI is InChI=1S/C9H15N3O3S/c1-5-6(16-8(10)11-5)7(15)12-9(2,3-13)4-14/h13-14H,3-4H2,1-2H3,(H2,10,11)(H,12,15). The highest BCUT2D eigenvalue weighted by molar-refractivity contribution is 7.17. The van der Waals surface area contributed by atoms with Crippen molar-refractivity contribution in [3.05, 3.63) is 10.6 Å². The van der Waals surface area contributed by atoms with Crippen LogP contribution in [0.3, 0.4) is 0 Å².